The minimum absolute atomic E-state index is 0.363. The zero-order valence-electron chi connectivity index (χ0n) is 11.4. The molecule has 0 saturated carbocycles. The second kappa shape index (κ2) is 5.76. The summed E-state index contributed by atoms with van der Waals surface area (Å²) in [6.45, 7) is 6.53. The lowest BCUT2D eigenvalue weighted by Crippen LogP contribution is -2.19. The Bertz CT molecular complexity index is 488. The highest BCUT2D eigenvalue weighted by atomic mass is 16.3. The fraction of sp³-hybridized carbons (Fsp3) is 0.375. The van der Waals surface area contributed by atoms with Crippen LogP contribution in [-0.4, -0.2) is 6.04 Å². The van der Waals surface area contributed by atoms with Crippen molar-refractivity contribution in [1.82, 2.24) is 0 Å². The Hall–Kier alpha value is -1.70. The Morgan fingerprint density at radius 2 is 2.06 bits per heavy atom. The number of furan rings is 1. The molecule has 0 radical (unpaired) electrons. The van der Waals surface area contributed by atoms with E-state index in [4.69, 9.17) is 4.42 Å². The predicted molar refractivity (Wildman–Crippen MR) is 76.1 cm³/mol. The second-order valence-electron chi connectivity index (χ2n) is 4.79. The van der Waals surface area contributed by atoms with Gasteiger partial charge in [-0.05, 0) is 43.5 Å². The highest BCUT2D eigenvalue weighted by Gasteiger charge is 2.09. The van der Waals surface area contributed by atoms with Crippen LogP contribution in [0.3, 0.4) is 0 Å². The molecular formula is C16H21NO. The molecule has 0 amide bonds. The van der Waals surface area contributed by atoms with E-state index >= 15 is 0 Å². The van der Waals surface area contributed by atoms with Gasteiger partial charge in [0, 0.05) is 18.2 Å². The van der Waals surface area contributed by atoms with Crippen LogP contribution in [0, 0.1) is 6.92 Å². The molecule has 1 atom stereocenters. The van der Waals surface area contributed by atoms with Crippen LogP contribution in [0.25, 0.3) is 0 Å². The van der Waals surface area contributed by atoms with Gasteiger partial charge in [0.2, 0.25) is 0 Å². The van der Waals surface area contributed by atoms with Gasteiger partial charge in [0.1, 0.15) is 5.76 Å². The lowest BCUT2D eigenvalue weighted by atomic mass is 10.0. The zero-order valence-corrected chi connectivity index (χ0v) is 11.4. The summed E-state index contributed by atoms with van der Waals surface area (Å²) in [6.07, 6.45) is 3.69. The molecule has 2 aromatic rings. The van der Waals surface area contributed by atoms with Gasteiger partial charge in [-0.1, -0.05) is 25.1 Å². The predicted octanol–water partition coefficient (Wildman–Crippen LogP) is 4.19. The van der Waals surface area contributed by atoms with Gasteiger partial charge >= 0.3 is 0 Å². The highest BCUT2D eigenvalue weighted by molar-refractivity contribution is 5.57. The van der Waals surface area contributed by atoms with Crippen molar-refractivity contribution in [2.75, 3.05) is 5.32 Å². The van der Waals surface area contributed by atoms with E-state index in [0.717, 1.165) is 18.6 Å². The standard InChI is InChI=1S/C16H21NO/c1-4-14-8-5-7-12(2)16(14)17-13(3)11-15-9-6-10-18-15/h5-10,13,17H,4,11H2,1-3H3. The lowest BCUT2D eigenvalue weighted by Gasteiger charge is -2.19. The summed E-state index contributed by atoms with van der Waals surface area (Å²) in [7, 11) is 0. The van der Waals surface area contributed by atoms with Gasteiger partial charge in [0.15, 0.2) is 0 Å². The average molecular weight is 243 g/mol. The van der Waals surface area contributed by atoms with Gasteiger partial charge in [0.05, 0.1) is 6.26 Å². The fourth-order valence-electron chi connectivity index (χ4n) is 2.26. The Balaban J connectivity index is 2.09. The molecule has 0 bridgehead atoms. The Morgan fingerprint density at radius 3 is 2.72 bits per heavy atom. The number of anilines is 1. The number of aryl methyl sites for hydroxylation is 2. The summed E-state index contributed by atoms with van der Waals surface area (Å²) >= 11 is 0. The quantitative estimate of drug-likeness (QED) is 0.851. The number of rotatable bonds is 5. The average Bonchev–Trinajstić information content (AvgIpc) is 2.84. The molecule has 0 aliphatic carbocycles. The van der Waals surface area contributed by atoms with Crippen molar-refractivity contribution in [1.29, 1.82) is 0 Å². The maximum absolute atomic E-state index is 5.39. The van der Waals surface area contributed by atoms with Gasteiger partial charge in [-0.15, -0.1) is 0 Å². The van der Waals surface area contributed by atoms with Crippen LogP contribution in [0.2, 0.25) is 0 Å². The van der Waals surface area contributed by atoms with Gasteiger partial charge in [-0.3, -0.25) is 0 Å². The Morgan fingerprint density at radius 1 is 1.22 bits per heavy atom. The largest absolute Gasteiger partial charge is 0.469 e. The monoisotopic (exact) mass is 243 g/mol. The summed E-state index contributed by atoms with van der Waals surface area (Å²) in [5, 5.41) is 3.61. The van der Waals surface area contributed by atoms with E-state index in [1.165, 1.54) is 16.8 Å². The molecule has 1 unspecified atom stereocenters. The van der Waals surface area contributed by atoms with Crippen LogP contribution in [0.5, 0.6) is 0 Å². The number of benzene rings is 1. The van der Waals surface area contributed by atoms with Gasteiger partial charge in [-0.25, -0.2) is 0 Å². The van der Waals surface area contributed by atoms with Gasteiger partial charge < -0.3 is 9.73 Å². The van der Waals surface area contributed by atoms with Crippen molar-refractivity contribution in [3.05, 3.63) is 53.5 Å². The molecule has 2 nitrogen and oxygen atoms in total. The molecule has 1 aromatic heterocycles. The molecule has 0 aliphatic heterocycles. The smallest absolute Gasteiger partial charge is 0.105 e. The molecule has 0 saturated heterocycles. The number of nitrogens with one attached hydrogen (secondary N) is 1. The SMILES string of the molecule is CCc1cccc(C)c1NC(C)Cc1ccco1. The molecule has 1 N–H and O–H groups in total. The van der Waals surface area contributed by atoms with E-state index < -0.39 is 0 Å². The van der Waals surface area contributed by atoms with E-state index in [-0.39, 0.29) is 0 Å². The van der Waals surface area contributed by atoms with Crippen molar-refractivity contribution < 1.29 is 4.42 Å². The van der Waals surface area contributed by atoms with E-state index in [9.17, 15) is 0 Å². The maximum atomic E-state index is 5.39. The maximum Gasteiger partial charge on any atom is 0.105 e. The van der Waals surface area contributed by atoms with Gasteiger partial charge in [0.25, 0.3) is 0 Å². The second-order valence-corrected chi connectivity index (χ2v) is 4.79. The molecule has 2 rings (SSSR count). The van der Waals surface area contributed by atoms with Crippen molar-refractivity contribution in [3.63, 3.8) is 0 Å². The molecule has 18 heavy (non-hydrogen) atoms. The third-order valence-corrected chi connectivity index (χ3v) is 3.22. The summed E-state index contributed by atoms with van der Waals surface area (Å²) in [5.74, 6) is 1.03. The van der Waals surface area contributed by atoms with Crippen molar-refractivity contribution in [3.8, 4) is 0 Å². The van der Waals surface area contributed by atoms with E-state index in [2.05, 4.69) is 44.3 Å². The van der Waals surface area contributed by atoms with E-state index in [1.54, 1.807) is 6.26 Å². The molecule has 1 aromatic carbocycles. The van der Waals surface area contributed by atoms with Crippen LogP contribution < -0.4 is 5.32 Å². The van der Waals surface area contributed by atoms with Crippen molar-refractivity contribution >= 4 is 5.69 Å². The first-order valence-electron chi connectivity index (χ1n) is 6.58. The Kier molecular flexibility index (Phi) is 4.08. The molecular weight excluding hydrogens is 222 g/mol. The minimum atomic E-state index is 0.363. The first-order valence-corrected chi connectivity index (χ1v) is 6.58. The third-order valence-electron chi connectivity index (χ3n) is 3.22. The summed E-state index contributed by atoms with van der Waals surface area (Å²) in [4.78, 5) is 0. The van der Waals surface area contributed by atoms with Crippen molar-refractivity contribution in [2.24, 2.45) is 0 Å². The first kappa shape index (κ1) is 12.7. The molecule has 0 spiro atoms. The lowest BCUT2D eigenvalue weighted by molar-refractivity contribution is 0.497. The van der Waals surface area contributed by atoms with Crippen molar-refractivity contribution in [2.45, 2.75) is 39.7 Å². The normalized spacial score (nSPS) is 12.4. The molecule has 0 fully saturated rings. The number of para-hydroxylation sites is 1. The van der Waals surface area contributed by atoms with Crippen LogP contribution in [-0.2, 0) is 12.8 Å². The molecule has 96 valence electrons. The first-order chi connectivity index (χ1) is 8.70. The fourth-order valence-corrected chi connectivity index (χ4v) is 2.26. The molecule has 2 heteroatoms. The summed E-state index contributed by atoms with van der Waals surface area (Å²) in [5.41, 5.74) is 3.96. The van der Waals surface area contributed by atoms with Crippen LogP contribution in [0.4, 0.5) is 5.69 Å². The third kappa shape index (κ3) is 2.95. The topological polar surface area (TPSA) is 25.2 Å². The van der Waals surface area contributed by atoms with Crippen LogP contribution in [0.1, 0.15) is 30.7 Å². The highest BCUT2D eigenvalue weighted by Crippen LogP contribution is 2.22. The zero-order chi connectivity index (χ0) is 13.0. The Labute approximate surface area is 109 Å². The summed E-state index contributed by atoms with van der Waals surface area (Å²) < 4.78 is 5.39. The van der Waals surface area contributed by atoms with E-state index in [1.807, 2.05) is 12.1 Å². The number of hydrogen-bond acceptors (Lipinski definition) is 2. The van der Waals surface area contributed by atoms with E-state index in [0.29, 0.717) is 6.04 Å². The van der Waals surface area contributed by atoms with Crippen LogP contribution in [0.15, 0.2) is 41.0 Å². The van der Waals surface area contributed by atoms with Crippen LogP contribution >= 0.6 is 0 Å². The minimum Gasteiger partial charge on any atom is -0.469 e. The number of hydrogen-bond donors (Lipinski definition) is 1. The molecule has 0 aliphatic rings. The summed E-state index contributed by atoms with van der Waals surface area (Å²) in [6, 6.07) is 10.8. The molecule has 1 heterocycles. The van der Waals surface area contributed by atoms with Gasteiger partial charge in [-0.2, -0.15) is 0 Å².